The standard InChI is InChI=1S/C67H75N15O5/c1-7-60(83)81-31-29-79(38-49(81)20-24-68)64-52-23-28-78(41-54(52)71-66(73-64)86-42-51-17-12-26-75(51)4)58-34-47(33-45-15-9-16-46(36-70)62(45)58)48-35-57(76(5)37-48)43(3)87-67-72-55-40-77(56-18-10-13-44-14-11-19-59(85-6)63(44)56)27-22-53(55)65(74-67)80-30-32-82(61(84)8-2)50(39-80)21-25-69/h7-11,13-16,18-19,33-34,43,48-51,57H,1-2,12,17,20-23,26-32,35,37-42H2,3-6H3/t43-,48?,49+,50+,51+,57+/m1/s1. The summed E-state index contributed by atoms with van der Waals surface area (Å²) in [6.45, 7) is 16.9. The molecule has 448 valence electrons. The van der Waals surface area contributed by atoms with Crippen molar-refractivity contribution in [3.63, 3.8) is 0 Å². The van der Waals surface area contributed by atoms with Crippen LogP contribution in [0.1, 0.15) is 78.6 Å². The topological polar surface area (TPSA) is 211 Å². The summed E-state index contributed by atoms with van der Waals surface area (Å²) in [6.07, 6.45) is 6.90. The molecule has 0 saturated carbocycles. The van der Waals surface area contributed by atoms with Crippen molar-refractivity contribution in [2.75, 3.05) is 113 Å². The van der Waals surface area contributed by atoms with E-state index in [1.807, 2.05) is 24.3 Å². The highest BCUT2D eigenvalue weighted by molar-refractivity contribution is 6.00. The highest BCUT2D eigenvalue weighted by Gasteiger charge is 2.40. The highest BCUT2D eigenvalue weighted by Crippen LogP contribution is 2.43. The molecule has 1 unspecified atom stereocenters. The number of aromatic nitrogens is 4. The summed E-state index contributed by atoms with van der Waals surface area (Å²) < 4.78 is 19.4. The number of carbonyl (C=O) groups is 2. The van der Waals surface area contributed by atoms with Crippen LogP contribution in [0.15, 0.2) is 92.0 Å². The lowest BCUT2D eigenvalue weighted by Crippen LogP contribution is -2.55. The number of benzene rings is 4. The molecular formula is C67H75N15O5. The van der Waals surface area contributed by atoms with Gasteiger partial charge in [0.05, 0.1) is 80.3 Å². The van der Waals surface area contributed by atoms with Crippen molar-refractivity contribution in [1.82, 2.24) is 39.5 Å². The first-order chi connectivity index (χ1) is 42.4. The number of hydrogen-bond acceptors (Lipinski definition) is 18. The molecule has 2 aromatic heterocycles. The van der Waals surface area contributed by atoms with Crippen LogP contribution >= 0.6 is 0 Å². The van der Waals surface area contributed by atoms with Crippen LogP contribution in [0.5, 0.6) is 17.8 Å². The van der Waals surface area contributed by atoms with E-state index in [9.17, 15) is 25.4 Å². The zero-order valence-electron chi connectivity index (χ0n) is 50.3. The van der Waals surface area contributed by atoms with Crippen molar-refractivity contribution in [3.05, 3.63) is 126 Å². The maximum Gasteiger partial charge on any atom is 0.318 e. The molecule has 6 aliphatic heterocycles. The number of nitrogens with zero attached hydrogens (tertiary/aromatic N) is 15. The van der Waals surface area contributed by atoms with Gasteiger partial charge in [0.1, 0.15) is 30.1 Å². The SMILES string of the molecule is C=CC(=O)N1CCN(c2nc(OC[C@@H]3CCCN3C)nc3c2CCN(c2cc(C4C[C@@H]([C@@H](C)Oc5nc6c(c(N7CCN(C(=O)C=C)[C@@H](CC#N)C7)n5)CCN(c5cccc7cccc(OC)c57)C6)N(C)C4)cc4cccc(C#N)c24)C3)C[C@@H]1CC#N. The summed E-state index contributed by atoms with van der Waals surface area (Å²) in [5, 5.41) is 34.5. The molecule has 20 nitrogen and oxygen atoms in total. The number of rotatable bonds is 16. The summed E-state index contributed by atoms with van der Waals surface area (Å²) in [5.41, 5.74) is 7.58. The molecule has 4 saturated heterocycles. The molecule has 20 heteroatoms. The quantitative estimate of drug-likeness (QED) is 0.0857. The average Bonchev–Trinajstić information content (AvgIpc) is 1.45. The van der Waals surface area contributed by atoms with Gasteiger partial charge in [0.25, 0.3) is 0 Å². The Morgan fingerprint density at radius 2 is 1.29 bits per heavy atom. The van der Waals surface area contributed by atoms with Crippen LogP contribution in [0, 0.1) is 34.0 Å². The Morgan fingerprint density at radius 1 is 0.678 bits per heavy atom. The molecule has 87 heavy (non-hydrogen) atoms. The van der Waals surface area contributed by atoms with Crippen molar-refractivity contribution in [2.24, 2.45) is 0 Å². The second kappa shape index (κ2) is 25.1. The number of piperazine rings is 2. The fraction of sp³-hybridized carbons (Fsp3) is 0.448. The van der Waals surface area contributed by atoms with Crippen LogP contribution in [0.3, 0.4) is 0 Å². The number of likely N-dealkylation sites (N-methyl/N-ethyl adjacent to an activating group) is 2. The lowest BCUT2D eigenvalue weighted by Gasteiger charge is -2.42. The number of ether oxygens (including phenoxy) is 3. The van der Waals surface area contributed by atoms with Crippen LogP contribution in [0.2, 0.25) is 0 Å². The Balaban J connectivity index is 0.839. The number of anilines is 4. The van der Waals surface area contributed by atoms with Gasteiger partial charge in [-0.1, -0.05) is 55.6 Å². The third-order valence-corrected chi connectivity index (χ3v) is 19.0. The van der Waals surface area contributed by atoms with Crippen molar-refractivity contribution >= 4 is 56.4 Å². The van der Waals surface area contributed by atoms with Crippen molar-refractivity contribution in [2.45, 2.75) is 101 Å². The fourth-order valence-corrected chi connectivity index (χ4v) is 14.5. The molecule has 0 N–H and O–H groups in total. The Kier molecular flexibility index (Phi) is 16.9. The number of carbonyl (C=O) groups excluding carboxylic acids is 2. The monoisotopic (exact) mass is 1170 g/mol. The van der Waals surface area contributed by atoms with Gasteiger partial charge in [-0.15, -0.1) is 0 Å². The van der Waals surface area contributed by atoms with E-state index in [2.05, 4.69) is 124 Å². The summed E-state index contributed by atoms with van der Waals surface area (Å²) in [6, 6.07) is 30.2. The molecule has 6 aliphatic rings. The van der Waals surface area contributed by atoms with Crippen LogP contribution in [-0.4, -0.2) is 175 Å². The van der Waals surface area contributed by atoms with E-state index < -0.39 is 0 Å². The minimum Gasteiger partial charge on any atom is -0.496 e. The maximum absolute atomic E-state index is 13.0. The van der Waals surface area contributed by atoms with E-state index in [0.717, 1.165) is 112 Å². The molecule has 4 fully saturated rings. The fourth-order valence-electron chi connectivity index (χ4n) is 14.5. The molecule has 0 aliphatic carbocycles. The second-order valence-electron chi connectivity index (χ2n) is 24.0. The van der Waals surface area contributed by atoms with Gasteiger partial charge in [0.2, 0.25) is 11.8 Å². The number of amides is 2. The molecule has 2 amide bonds. The molecule has 8 heterocycles. The Hall–Kier alpha value is -9.03. The lowest BCUT2D eigenvalue weighted by molar-refractivity contribution is -0.129. The van der Waals surface area contributed by atoms with Crippen molar-refractivity contribution in [1.29, 1.82) is 15.8 Å². The molecule has 6 atom stereocenters. The first kappa shape index (κ1) is 58.4. The largest absolute Gasteiger partial charge is 0.496 e. The minimum atomic E-state index is -0.342. The summed E-state index contributed by atoms with van der Waals surface area (Å²) in [5.74, 6) is 2.10. The number of likely N-dealkylation sites (tertiary alicyclic amines) is 2. The van der Waals surface area contributed by atoms with Gasteiger partial charge >= 0.3 is 12.0 Å². The molecule has 0 radical (unpaired) electrons. The molecule has 0 spiro atoms. The highest BCUT2D eigenvalue weighted by atomic mass is 16.5. The van der Waals surface area contributed by atoms with Gasteiger partial charge in [0, 0.05) is 104 Å². The predicted octanol–water partition coefficient (Wildman–Crippen LogP) is 7.54. The van der Waals surface area contributed by atoms with E-state index in [4.69, 9.17) is 34.1 Å². The zero-order chi connectivity index (χ0) is 60.5. The molecule has 6 aromatic rings. The van der Waals surface area contributed by atoms with Gasteiger partial charge < -0.3 is 48.5 Å². The van der Waals surface area contributed by atoms with Crippen LogP contribution in [0.25, 0.3) is 21.5 Å². The first-order valence-corrected chi connectivity index (χ1v) is 30.5. The van der Waals surface area contributed by atoms with Crippen LogP contribution in [0.4, 0.5) is 23.0 Å². The Labute approximate surface area is 509 Å². The summed E-state index contributed by atoms with van der Waals surface area (Å²) in [7, 11) is 5.98. The smallest absolute Gasteiger partial charge is 0.318 e. The van der Waals surface area contributed by atoms with Gasteiger partial charge in [-0.2, -0.15) is 35.7 Å². The zero-order valence-corrected chi connectivity index (χ0v) is 50.3. The molecule has 4 aromatic carbocycles. The van der Waals surface area contributed by atoms with E-state index in [1.165, 1.54) is 17.7 Å². The second-order valence-corrected chi connectivity index (χ2v) is 24.0. The van der Waals surface area contributed by atoms with Crippen molar-refractivity contribution in [3.8, 4) is 36.0 Å². The number of methoxy groups -OCH3 is 1. The van der Waals surface area contributed by atoms with Gasteiger partial charge in [0.15, 0.2) is 0 Å². The Bertz CT molecular complexity index is 3770. The maximum atomic E-state index is 13.0. The third-order valence-electron chi connectivity index (χ3n) is 19.0. The lowest BCUT2D eigenvalue weighted by atomic mass is 9.90. The molecule has 0 bridgehead atoms. The average molecular weight is 1170 g/mol. The number of hydrogen-bond donors (Lipinski definition) is 0. The van der Waals surface area contributed by atoms with Gasteiger partial charge in [-0.25, -0.2) is 0 Å². The normalized spacial score (nSPS) is 21.8. The van der Waals surface area contributed by atoms with E-state index >= 15 is 0 Å². The van der Waals surface area contributed by atoms with Crippen molar-refractivity contribution < 1.29 is 23.8 Å². The van der Waals surface area contributed by atoms with Crippen LogP contribution < -0.4 is 33.8 Å². The minimum absolute atomic E-state index is 0.0141. The Morgan fingerprint density at radius 3 is 1.90 bits per heavy atom. The summed E-state index contributed by atoms with van der Waals surface area (Å²) in [4.78, 5) is 64.1. The van der Waals surface area contributed by atoms with Crippen LogP contribution in [-0.2, 0) is 35.5 Å². The summed E-state index contributed by atoms with van der Waals surface area (Å²) >= 11 is 0. The van der Waals surface area contributed by atoms with E-state index in [0.29, 0.717) is 89.9 Å². The van der Waals surface area contributed by atoms with E-state index in [-0.39, 0.29) is 66.9 Å². The van der Waals surface area contributed by atoms with Gasteiger partial charge in [-0.05, 0) is 118 Å². The predicted molar refractivity (Wildman–Crippen MR) is 334 cm³/mol. The molecular weight excluding hydrogens is 1090 g/mol. The first-order valence-electron chi connectivity index (χ1n) is 30.5. The van der Waals surface area contributed by atoms with E-state index in [1.54, 1.807) is 16.9 Å². The van der Waals surface area contributed by atoms with Gasteiger partial charge in [-0.3, -0.25) is 14.5 Å². The number of nitriles is 3. The third kappa shape index (κ3) is 11.5. The number of fused-ring (bicyclic) bond motifs is 4. The molecule has 12 rings (SSSR count).